The predicted molar refractivity (Wildman–Crippen MR) is 105 cm³/mol. The molecule has 2 aromatic heterocycles. The fourth-order valence-electron chi connectivity index (χ4n) is 3.16. The Balaban J connectivity index is 1.66. The number of carbonyl (C=O) groups is 1. The number of benzene rings is 2. The van der Waals surface area contributed by atoms with Crippen molar-refractivity contribution in [2.75, 3.05) is 7.05 Å². The third kappa shape index (κ3) is 3.62. The van der Waals surface area contributed by atoms with Crippen LogP contribution in [0.25, 0.3) is 11.0 Å². The minimum absolute atomic E-state index is 0.166. The van der Waals surface area contributed by atoms with Crippen LogP contribution in [-0.4, -0.2) is 32.4 Å². The Bertz CT molecular complexity index is 1110. The van der Waals surface area contributed by atoms with E-state index in [4.69, 9.17) is 4.98 Å². The van der Waals surface area contributed by atoms with Gasteiger partial charge in [-0.15, -0.1) is 0 Å². The summed E-state index contributed by atoms with van der Waals surface area (Å²) in [7, 11) is 1.73. The average molecular weight is 374 g/mol. The van der Waals surface area contributed by atoms with Gasteiger partial charge in [-0.2, -0.15) is 0 Å². The number of rotatable bonds is 5. The van der Waals surface area contributed by atoms with Crippen molar-refractivity contribution >= 4 is 16.9 Å². The summed E-state index contributed by atoms with van der Waals surface area (Å²) in [6.07, 6.45) is 1.60. The molecule has 0 aliphatic heterocycles. The van der Waals surface area contributed by atoms with Gasteiger partial charge in [0.15, 0.2) is 0 Å². The largest absolute Gasteiger partial charge is 0.333 e. The summed E-state index contributed by atoms with van der Waals surface area (Å²) in [5.74, 6) is 0.332. The fraction of sp³-hybridized carbons (Fsp3) is 0.136. The van der Waals surface area contributed by atoms with Gasteiger partial charge in [0.2, 0.25) is 0 Å². The summed E-state index contributed by atoms with van der Waals surface area (Å²) < 4.78 is 15.3. The standard InChI is InChI=1S/C22H19FN4O/c1-26(22(28)19-7-4-5-13-24-19)15-21-25-18-6-2-3-8-20(18)27(21)14-16-9-11-17(23)12-10-16/h2-13H,14-15H2,1H3. The number of para-hydroxylation sites is 2. The number of hydrogen-bond donors (Lipinski definition) is 0. The minimum Gasteiger partial charge on any atom is -0.333 e. The maximum absolute atomic E-state index is 13.3. The SMILES string of the molecule is CN(Cc1nc2ccccc2n1Cc1ccc(F)cc1)C(=O)c1ccccn1. The molecule has 0 saturated carbocycles. The Labute approximate surface area is 162 Å². The highest BCUT2D eigenvalue weighted by atomic mass is 19.1. The third-order valence-electron chi connectivity index (χ3n) is 4.60. The second-order valence-corrected chi connectivity index (χ2v) is 6.61. The topological polar surface area (TPSA) is 51.0 Å². The number of fused-ring (bicyclic) bond motifs is 1. The summed E-state index contributed by atoms with van der Waals surface area (Å²) in [4.78, 5) is 23.1. The second kappa shape index (κ2) is 7.60. The predicted octanol–water partition coefficient (Wildman–Crippen LogP) is 3.89. The molecule has 2 aromatic carbocycles. The Kier molecular flexibility index (Phi) is 4.85. The number of carbonyl (C=O) groups excluding carboxylic acids is 1. The van der Waals surface area contributed by atoms with Gasteiger partial charge in [-0.25, -0.2) is 9.37 Å². The highest BCUT2D eigenvalue weighted by Gasteiger charge is 2.17. The monoisotopic (exact) mass is 374 g/mol. The quantitative estimate of drug-likeness (QED) is 0.533. The zero-order chi connectivity index (χ0) is 19.5. The molecule has 0 spiro atoms. The Morgan fingerprint density at radius 3 is 2.54 bits per heavy atom. The molecule has 6 heteroatoms. The molecular formula is C22H19FN4O. The first kappa shape index (κ1) is 17.9. The highest BCUT2D eigenvalue weighted by Crippen LogP contribution is 2.19. The molecule has 28 heavy (non-hydrogen) atoms. The highest BCUT2D eigenvalue weighted by molar-refractivity contribution is 5.92. The van der Waals surface area contributed by atoms with Crippen molar-refractivity contribution in [2.24, 2.45) is 0 Å². The number of aromatic nitrogens is 3. The molecule has 0 bridgehead atoms. The maximum Gasteiger partial charge on any atom is 0.272 e. The van der Waals surface area contributed by atoms with Crippen LogP contribution in [-0.2, 0) is 13.1 Å². The van der Waals surface area contributed by atoms with Crippen LogP contribution in [0.15, 0.2) is 72.9 Å². The number of pyridine rings is 1. The van der Waals surface area contributed by atoms with Crippen LogP contribution in [0.5, 0.6) is 0 Å². The van der Waals surface area contributed by atoms with Gasteiger partial charge in [0.1, 0.15) is 17.3 Å². The van der Waals surface area contributed by atoms with Crippen molar-refractivity contribution in [1.82, 2.24) is 19.4 Å². The van der Waals surface area contributed by atoms with Crippen molar-refractivity contribution < 1.29 is 9.18 Å². The van der Waals surface area contributed by atoms with E-state index < -0.39 is 0 Å². The Hall–Kier alpha value is -3.54. The molecule has 4 rings (SSSR count). The normalized spacial score (nSPS) is 10.9. The van der Waals surface area contributed by atoms with Crippen molar-refractivity contribution in [1.29, 1.82) is 0 Å². The lowest BCUT2D eigenvalue weighted by Gasteiger charge is -2.18. The van der Waals surface area contributed by atoms with Gasteiger partial charge in [-0.05, 0) is 42.0 Å². The Morgan fingerprint density at radius 1 is 1.04 bits per heavy atom. The summed E-state index contributed by atoms with van der Waals surface area (Å²) in [5, 5.41) is 0. The molecule has 0 unspecified atom stereocenters. The zero-order valence-corrected chi connectivity index (χ0v) is 15.4. The van der Waals surface area contributed by atoms with E-state index in [1.807, 2.05) is 24.3 Å². The van der Waals surface area contributed by atoms with Crippen molar-refractivity contribution in [2.45, 2.75) is 13.1 Å². The van der Waals surface area contributed by atoms with Gasteiger partial charge in [-0.3, -0.25) is 9.78 Å². The fourth-order valence-corrected chi connectivity index (χ4v) is 3.16. The zero-order valence-electron chi connectivity index (χ0n) is 15.4. The molecule has 4 aromatic rings. The van der Waals surface area contributed by atoms with Crippen LogP contribution in [0, 0.1) is 5.82 Å². The van der Waals surface area contributed by atoms with E-state index in [2.05, 4.69) is 9.55 Å². The molecule has 1 amide bonds. The van der Waals surface area contributed by atoms with Gasteiger partial charge in [-0.1, -0.05) is 30.3 Å². The van der Waals surface area contributed by atoms with Crippen LogP contribution in [0.2, 0.25) is 0 Å². The smallest absolute Gasteiger partial charge is 0.272 e. The van der Waals surface area contributed by atoms with Crippen molar-refractivity contribution in [3.05, 3.63) is 95.8 Å². The molecule has 0 radical (unpaired) electrons. The lowest BCUT2D eigenvalue weighted by molar-refractivity contribution is 0.0774. The van der Waals surface area contributed by atoms with Crippen molar-refractivity contribution in [3.8, 4) is 0 Å². The maximum atomic E-state index is 13.3. The van der Waals surface area contributed by atoms with E-state index in [1.165, 1.54) is 12.1 Å². The first-order chi connectivity index (χ1) is 13.6. The van der Waals surface area contributed by atoms with E-state index in [9.17, 15) is 9.18 Å². The van der Waals surface area contributed by atoms with Crippen LogP contribution < -0.4 is 0 Å². The van der Waals surface area contributed by atoms with E-state index >= 15 is 0 Å². The van der Waals surface area contributed by atoms with Crippen LogP contribution in [0.4, 0.5) is 4.39 Å². The molecule has 5 nitrogen and oxygen atoms in total. The molecule has 0 fully saturated rings. The van der Waals surface area contributed by atoms with Crippen LogP contribution in [0.1, 0.15) is 21.9 Å². The molecule has 0 aliphatic rings. The number of hydrogen-bond acceptors (Lipinski definition) is 3. The molecule has 0 atom stereocenters. The summed E-state index contributed by atoms with van der Waals surface area (Å²) in [6, 6.07) is 19.5. The van der Waals surface area contributed by atoms with Gasteiger partial charge >= 0.3 is 0 Å². The lowest BCUT2D eigenvalue weighted by atomic mass is 10.2. The van der Waals surface area contributed by atoms with Gasteiger partial charge < -0.3 is 9.47 Å². The van der Waals surface area contributed by atoms with Gasteiger partial charge in [0.25, 0.3) is 5.91 Å². The summed E-state index contributed by atoms with van der Waals surface area (Å²) >= 11 is 0. The molecule has 0 saturated heterocycles. The van der Waals surface area contributed by atoms with Gasteiger partial charge in [0, 0.05) is 19.8 Å². The Morgan fingerprint density at radius 2 is 1.79 bits per heavy atom. The first-order valence-electron chi connectivity index (χ1n) is 8.97. The van der Waals surface area contributed by atoms with E-state index in [1.54, 1.807) is 48.5 Å². The second-order valence-electron chi connectivity index (χ2n) is 6.61. The summed E-state index contributed by atoms with van der Waals surface area (Å²) in [6.45, 7) is 0.882. The van der Waals surface area contributed by atoms with Crippen LogP contribution in [0.3, 0.4) is 0 Å². The van der Waals surface area contributed by atoms with Gasteiger partial charge in [0.05, 0.1) is 17.6 Å². The molecular weight excluding hydrogens is 355 g/mol. The van der Waals surface area contributed by atoms with E-state index in [0.29, 0.717) is 18.8 Å². The molecule has 0 N–H and O–H groups in total. The molecule has 0 aliphatic carbocycles. The molecule has 2 heterocycles. The van der Waals surface area contributed by atoms with E-state index in [-0.39, 0.29) is 11.7 Å². The number of nitrogens with zero attached hydrogens (tertiary/aromatic N) is 4. The summed E-state index contributed by atoms with van der Waals surface area (Å²) in [5.41, 5.74) is 3.19. The van der Waals surface area contributed by atoms with Crippen LogP contribution >= 0.6 is 0 Å². The minimum atomic E-state index is -0.264. The number of halogens is 1. The van der Waals surface area contributed by atoms with E-state index in [0.717, 1.165) is 22.4 Å². The molecule has 140 valence electrons. The van der Waals surface area contributed by atoms with Crippen molar-refractivity contribution in [3.63, 3.8) is 0 Å². The third-order valence-corrected chi connectivity index (χ3v) is 4.60. The number of amides is 1. The number of imidazole rings is 1. The average Bonchev–Trinajstić information content (AvgIpc) is 3.06. The lowest BCUT2D eigenvalue weighted by Crippen LogP contribution is -2.28. The first-order valence-corrected chi connectivity index (χ1v) is 8.97.